The van der Waals surface area contributed by atoms with Gasteiger partial charge in [-0.05, 0) is 32.9 Å². The first-order valence-corrected chi connectivity index (χ1v) is 7.12. The number of nitrogens with zero attached hydrogens (tertiary/aromatic N) is 1. The number of aromatic nitrogens is 1. The van der Waals surface area contributed by atoms with Crippen LogP contribution in [-0.4, -0.2) is 18.6 Å². The normalized spacial score (nSPS) is 13.7. The lowest BCUT2D eigenvalue weighted by Crippen LogP contribution is -2.30. The second-order valence-corrected chi connectivity index (χ2v) is 7.61. The molecule has 0 saturated carbocycles. The van der Waals surface area contributed by atoms with Crippen molar-refractivity contribution in [2.45, 2.75) is 30.4 Å². The summed E-state index contributed by atoms with van der Waals surface area (Å²) in [5, 5.41) is 10.8. The van der Waals surface area contributed by atoms with E-state index in [1.165, 1.54) is 4.57 Å². The van der Waals surface area contributed by atoms with Gasteiger partial charge in [0.05, 0.1) is 16.3 Å². The minimum absolute atomic E-state index is 0.0197. The average Bonchev–Trinajstić information content (AvgIpc) is 2.35. The number of aromatic hydroxyl groups is 1. The van der Waals surface area contributed by atoms with Crippen molar-refractivity contribution in [1.82, 2.24) is 4.57 Å². The van der Waals surface area contributed by atoms with Crippen molar-refractivity contribution in [2.75, 3.05) is 0 Å². The smallest absolute Gasteiger partial charge is 0.270 e. The van der Waals surface area contributed by atoms with Crippen molar-refractivity contribution in [2.24, 2.45) is 7.05 Å². The highest BCUT2D eigenvalue weighted by Gasteiger charge is 2.28. The van der Waals surface area contributed by atoms with Crippen molar-refractivity contribution < 1.29 is 9.32 Å². The summed E-state index contributed by atoms with van der Waals surface area (Å²) in [6.45, 7) is 5.32. The second-order valence-electron chi connectivity index (χ2n) is 5.44. The van der Waals surface area contributed by atoms with E-state index in [-0.39, 0.29) is 10.6 Å². The first-order valence-electron chi connectivity index (χ1n) is 5.97. The minimum Gasteiger partial charge on any atom is -0.506 e. The van der Waals surface area contributed by atoms with E-state index in [9.17, 15) is 14.1 Å². The summed E-state index contributed by atoms with van der Waals surface area (Å²) in [5.41, 5.74) is 0.212. The molecule has 5 heteroatoms. The van der Waals surface area contributed by atoms with Crippen LogP contribution in [0.5, 0.6) is 5.75 Å². The van der Waals surface area contributed by atoms with Crippen LogP contribution in [0.15, 0.2) is 34.0 Å². The van der Waals surface area contributed by atoms with Gasteiger partial charge in [-0.2, -0.15) is 0 Å². The number of aryl methyl sites for hydroxylation is 1. The number of hydrogen-bond donors (Lipinski definition) is 1. The molecular weight excluding hydrogens is 262 g/mol. The number of pyridine rings is 1. The highest BCUT2D eigenvalue weighted by atomic mass is 32.2. The van der Waals surface area contributed by atoms with E-state index < -0.39 is 21.1 Å². The molecule has 0 aliphatic rings. The molecule has 0 radical (unpaired) electrons. The average molecular weight is 279 g/mol. The van der Waals surface area contributed by atoms with Crippen molar-refractivity contribution in [3.05, 3.63) is 34.6 Å². The Kier molecular flexibility index (Phi) is 3.26. The predicted octanol–water partition coefficient (Wildman–Crippen LogP) is 2.15. The fourth-order valence-corrected chi connectivity index (χ4v) is 3.12. The van der Waals surface area contributed by atoms with Crippen LogP contribution in [0.3, 0.4) is 0 Å². The first kappa shape index (κ1) is 13.8. The summed E-state index contributed by atoms with van der Waals surface area (Å²) < 4.78 is 13.3. The van der Waals surface area contributed by atoms with Crippen molar-refractivity contribution in [3.63, 3.8) is 0 Å². The molecular formula is C14H17NO3S. The third-order valence-electron chi connectivity index (χ3n) is 2.98. The molecule has 1 aromatic carbocycles. The zero-order valence-electron chi connectivity index (χ0n) is 11.4. The Labute approximate surface area is 114 Å². The molecule has 2 rings (SSSR count). The maximum Gasteiger partial charge on any atom is 0.270 e. The summed E-state index contributed by atoms with van der Waals surface area (Å²) in [5.74, 6) is -0.174. The van der Waals surface area contributed by atoms with Crippen LogP contribution in [0.4, 0.5) is 0 Å². The Morgan fingerprint density at radius 2 is 1.79 bits per heavy atom. The molecule has 1 atom stereocenters. The third kappa shape index (κ3) is 2.18. The number of para-hydroxylation sites is 1. The number of hydrogen-bond acceptors (Lipinski definition) is 3. The minimum atomic E-state index is -1.57. The van der Waals surface area contributed by atoms with E-state index in [0.29, 0.717) is 10.9 Å². The molecule has 0 bridgehead atoms. The maximum atomic E-state index is 12.4. The molecule has 19 heavy (non-hydrogen) atoms. The standard InChI is InChI=1S/C14H17NO3S/c1-14(2,3)19(18)12-11(16)9-7-5-6-8-10(9)15(4)13(12)17/h5-8,16H,1-4H3/t19-/m1/s1. The molecule has 0 spiro atoms. The molecule has 0 aliphatic heterocycles. The van der Waals surface area contributed by atoms with E-state index in [2.05, 4.69) is 0 Å². The summed E-state index contributed by atoms with van der Waals surface area (Å²) in [4.78, 5) is 12.3. The second kappa shape index (κ2) is 4.49. The molecule has 1 aromatic heterocycles. The lowest BCUT2D eigenvalue weighted by Gasteiger charge is -2.19. The Morgan fingerprint density at radius 1 is 1.21 bits per heavy atom. The van der Waals surface area contributed by atoms with Crippen LogP contribution in [0.1, 0.15) is 20.8 Å². The van der Waals surface area contributed by atoms with Gasteiger partial charge in [0.15, 0.2) is 0 Å². The number of fused-ring (bicyclic) bond motifs is 1. The highest BCUT2D eigenvalue weighted by Crippen LogP contribution is 2.31. The van der Waals surface area contributed by atoms with Gasteiger partial charge in [-0.3, -0.25) is 9.00 Å². The molecule has 0 unspecified atom stereocenters. The lowest BCUT2D eigenvalue weighted by atomic mass is 10.2. The fraction of sp³-hybridized carbons (Fsp3) is 0.357. The van der Waals surface area contributed by atoms with E-state index in [4.69, 9.17) is 0 Å². The van der Waals surface area contributed by atoms with Gasteiger partial charge in [-0.15, -0.1) is 0 Å². The van der Waals surface area contributed by atoms with E-state index in [0.717, 1.165) is 0 Å². The summed E-state index contributed by atoms with van der Waals surface area (Å²) in [6, 6.07) is 7.03. The maximum absolute atomic E-state index is 12.4. The Balaban J connectivity index is 2.91. The van der Waals surface area contributed by atoms with E-state index in [1.54, 1.807) is 52.1 Å². The molecule has 0 fully saturated rings. The van der Waals surface area contributed by atoms with Gasteiger partial charge in [0.25, 0.3) is 5.56 Å². The molecule has 1 N–H and O–H groups in total. The van der Waals surface area contributed by atoms with Gasteiger partial charge >= 0.3 is 0 Å². The molecule has 2 aromatic rings. The Morgan fingerprint density at radius 3 is 2.37 bits per heavy atom. The molecule has 102 valence electrons. The molecule has 0 aliphatic carbocycles. The van der Waals surface area contributed by atoms with Gasteiger partial charge in [-0.1, -0.05) is 12.1 Å². The molecule has 1 heterocycles. The van der Waals surface area contributed by atoms with Crippen molar-refractivity contribution >= 4 is 21.7 Å². The van der Waals surface area contributed by atoms with E-state index >= 15 is 0 Å². The van der Waals surface area contributed by atoms with Crippen LogP contribution in [0, 0.1) is 0 Å². The van der Waals surface area contributed by atoms with Crippen LogP contribution in [0.2, 0.25) is 0 Å². The number of benzene rings is 1. The van der Waals surface area contributed by atoms with Gasteiger partial charge in [-0.25, -0.2) is 0 Å². The summed E-state index contributed by atoms with van der Waals surface area (Å²) in [6.07, 6.45) is 0. The summed E-state index contributed by atoms with van der Waals surface area (Å²) in [7, 11) is 0.0450. The topological polar surface area (TPSA) is 59.3 Å². The SMILES string of the molecule is Cn1c(=O)c([S@@](=O)C(C)(C)C)c(O)c2ccccc21. The van der Waals surface area contributed by atoms with Gasteiger partial charge < -0.3 is 9.67 Å². The van der Waals surface area contributed by atoms with Gasteiger partial charge in [0.2, 0.25) is 0 Å². The summed E-state index contributed by atoms with van der Waals surface area (Å²) >= 11 is 0. The zero-order valence-corrected chi connectivity index (χ0v) is 12.2. The van der Waals surface area contributed by atoms with Crippen molar-refractivity contribution in [3.8, 4) is 5.75 Å². The Hall–Kier alpha value is -1.62. The highest BCUT2D eigenvalue weighted by molar-refractivity contribution is 7.86. The third-order valence-corrected chi connectivity index (χ3v) is 4.83. The van der Waals surface area contributed by atoms with Crippen LogP contribution >= 0.6 is 0 Å². The predicted molar refractivity (Wildman–Crippen MR) is 77.0 cm³/mol. The van der Waals surface area contributed by atoms with Crippen LogP contribution in [-0.2, 0) is 17.8 Å². The lowest BCUT2D eigenvalue weighted by molar-refractivity contribution is 0.462. The number of rotatable bonds is 1. The van der Waals surface area contributed by atoms with Gasteiger partial charge in [0.1, 0.15) is 10.6 Å². The zero-order chi connectivity index (χ0) is 14.4. The molecule has 0 amide bonds. The first-order chi connectivity index (χ1) is 8.75. The van der Waals surface area contributed by atoms with E-state index in [1.807, 2.05) is 0 Å². The molecule has 4 nitrogen and oxygen atoms in total. The van der Waals surface area contributed by atoms with Crippen molar-refractivity contribution in [1.29, 1.82) is 0 Å². The Bertz CT molecular complexity index is 726. The quantitative estimate of drug-likeness (QED) is 0.870. The molecule has 0 saturated heterocycles. The van der Waals surface area contributed by atoms with Gasteiger partial charge in [0, 0.05) is 17.2 Å². The van der Waals surface area contributed by atoms with Crippen LogP contribution < -0.4 is 5.56 Å². The fourth-order valence-electron chi connectivity index (χ4n) is 1.92. The monoisotopic (exact) mass is 279 g/mol. The largest absolute Gasteiger partial charge is 0.506 e. The van der Waals surface area contributed by atoms with Crippen LogP contribution in [0.25, 0.3) is 10.9 Å².